The standard InChI is InChI=1S/C16H14Cl2N2O3S/c17-11-3-8-15(14(18)9-11)19-16(21)10-1-6-13(7-2-10)24(22,23)20-12-4-5-12/h1-3,6-9,12,20H,4-5H2,(H,19,21). The lowest BCUT2D eigenvalue weighted by Gasteiger charge is -2.09. The van der Waals surface area contributed by atoms with Gasteiger partial charge in [0, 0.05) is 16.6 Å². The minimum Gasteiger partial charge on any atom is -0.321 e. The van der Waals surface area contributed by atoms with Gasteiger partial charge in [0.25, 0.3) is 5.91 Å². The third kappa shape index (κ3) is 4.08. The Balaban J connectivity index is 1.73. The van der Waals surface area contributed by atoms with Gasteiger partial charge in [-0.15, -0.1) is 0 Å². The summed E-state index contributed by atoms with van der Waals surface area (Å²) in [7, 11) is -3.53. The summed E-state index contributed by atoms with van der Waals surface area (Å²) in [5.41, 5.74) is 0.754. The number of hydrogen-bond donors (Lipinski definition) is 2. The van der Waals surface area contributed by atoms with Crippen LogP contribution in [0.4, 0.5) is 5.69 Å². The summed E-state index contributed by atoms with van der Waals surface area (Å²) in [5, 5.41) is 3.45. The Kier molecular flexibility index (Phi) is 4.83. The van der Waals surface area contributed by atoms with Crippen LogP contribution < -0.4 is 10.0 Å². The minimum absolute atomic E-state index is 0.0324. The molecular weight excluding hydrogens is 371 g/mol. The Hall–Kier alpha value is -1.60. The van der Waals surface area contributed by atoms with Crippen molar-refractivity contribution in [3.8, 4) is 0 Å². The van der Waals surface area contributed by atoms with Crippen molar-refractivity contribution in [2.45, 2.75) is 23.8 Å². The van der Waals surface area contributed by atoms with Gasteiger partial charge in [-0.3, -0.25) is 4.79 Å². The van der Waals surface area contributed by atoms with Gasteiger partial charge in [-0.1, -0.05) is 23.2 Å². The highest BCUT2D eigenvalue weighted by atomic mass is 35.5. The number of carbonyl (C=O) groups excluding carboxylic acids is 1. The first-order chi connectivity index (χ1) is 11.3. The van der Waals surface area contributed by atoms with Crippen molar-refractivity contribution in [2.24, 2.45) is 0 Å². The predicted molar refractivity (Wildman–Crippen MR) is 94.2 cm³/mol. The van der Waals surface area contributed by atoms with Crippen LogP contribution in [-0.4, -0.2) is 20.4 Å². The second-order valence-electron chi connectivity index (χ2n) is 5.50. The van der Waals surface area contributed by atoms with Gasteiger partial charge in [-0.2, -0.15) is 0 Å². The van der Waals surface area contributed by atoms with E-state index in [1.807, 2.05) is 0 Å². The zero-order valence-electron chi connectivity index (χ0n) is 12.4. The molecule has 126 valence electrons. The lowest BCUT2D eigenvalue weighted by Crippen LogP contribution is -2.25. The van der Waals surface area contributed by atoms with E-state index in [1.54, 1.807) is 12.1 Å². The Morgan fingerprint density at radius 3 is 2.29 bits per heavy atom. The Morgan fingerprint density at radius 2 is 1.71 bits per heavy atom. The molecule has 3 rings (SSSR count). The fraction of sp³-hybridized carbons (Fsp3) is 0.188. The predicted octanol–water partition coefficient (Wildman–Crippen LogP) is 3.69. The molecule has 24 heavy (non-hydrogen) atoms. The summed E-state index contributed by atoms with van der Waals surface area (Å²) in [6.07, 6.45) is 1.73. The summed E-state index contributed by atoms with van der Waals surface area (Å²) in [4.78, 5) is 12.4. The molecule has 1 aliphatic carbocycles. The number of halogens is 2. The second kappa shape index (κ2) is 6.72. The van der Waals surface area contributed by atoms with Gasteiger partial charge in [-0.05, 0) is 55.3 Å². The van der Waals surface area contributed by atoms with E-state index >= 15 is 0 Å². The fourth-order valence-electron chi connectivity index (χ4n) is 2.06. The van der Waals surface area contributed by atoms with Crippen LogP contribution >= 0.6 is 23.2 Å². The zero-order valence-corrected chi connectivity index (χ0v) is 14.8. The summed E-state index contributed by atoms with van der Waals surface area (Å²) < 4.78 is 26.8. The van der Waals surface area contributed by atoms with E-state index < -0.39 is 15.9 Å². The molecule has 2 aromatic rings. The maximum absolute atomic E-state index is 12.2. The van der Waals surface area contributed by atoms with E-state index in [1.165, 1.54) is 30.3 Å². The molecule has 1 amide bonds. The van der Waals surface area contributed by atoms with Crippen molar-refractivity contribution in [1.29, 1.82) is 0 Å². The van der Waals surface area contributed by atoms with Gasteiger partial charge in [0.1, 0.15) is 0 Å². The van der Waals surface area contributed by atoms with Gasteiger partial charge in [0.2, 0.25) is 10.0 Å². The summed E-state index contributed by atoms with van der Waals surface area (Å²) in [5.74, 6) is -0.390. The van der Waals surface area contributed by atoms with E-state index in [0.29, 0.717) is 21.3 Å². The molecule has 0 bridgehead atoms. The molecule has 8 heteroatoms. The Bertz CT molecular complexity index is 879. The smallest absolute Gasteiger partial charge is 0.255 e. The SMILES string of the molecule is O=C(Nc1ccc(Cl)cc1Cl)c1ccc(S(=O)(=O)NC2CC2)cc1. The highest BCUT2D eigenvalue weighted by Crippen LogP contribution is 2.26. The van der Waals surface area contributed by atoms with Crippen LogP contribution in [0.15, 0.2) is 47.4 Å². The topological polar surface area (TPSA) is 75.3 Å². The first kappa shape index (κ1) is 17.2. The number of rotatable bonds is 5. The van der Waals surface area contributed by atoms with Crippen LogP contribution in [0.5, 0.6) is 0 Å². The van der Waals surface area contributed by atoms with Gasteiger partial charge >= 0.3 is 0 Å². The lowest BCUT2D eigenvalue weighted by atomic mass is 10.2. The van der Waals surface area contributed by atoms with E-state index in [2.05, 4.69) is 10.0 Å². The number of benzene rings is 2. The van der Waals surface area contributed by atoms with Crippen LogP contribution in [0.1, 0.15) is 23.2 Å². The van der Waals surface area contributed by atoms with E-state index in [9.17, 15) is 13.2 Å². The Morgan fingerprint density at radius 1 is 1.04 bits per heavy atom. The van der Waals surface area contributed by atoms with Crippen molar-refractivity contribution in [3.05, 3.63) is 58.1 Å². The van der Waals surface area contributed by atoms with Crippen molar-refractivity contribution in [3.63, 3.8) is 0 Å². The third-order valence-electron chi connectivity index (χ3n) is 3.51. The summed E-state index contributed by atoms with van der Waals surface area (Å²) >= 11 is 11.8. The lowest BCUT2D eigenvalue weighted by molar-refractivity contribution is 0.102. The van der Waals surface area contributed by atoms with Gasteiger partial charge in [0.15, 0.2) is 0 Å². The average molecular weight is 385 g/mol. The number of carbonyl (C=O) groups is 1. The highest BCUT2D eigenvalue weighted by molar-refractivity contribution is 7.89. The highest BCUT2D eigenvalue weighted by Gasteiger charge is 2.27. The van der Waals surface area contributed by atoms with Crippen LogP contribution in [0.3, 0.4) is 0 Å². The molecule has 1 aliphatic rings. The molecule has 2 N–H and O–H groups in total. The number of nitrogens with one attached hydrogen (secondary N) is 2. The molecule has 1 fully saturated rings. The number of anilines is 1. The van der Waals surface area contributed by atoms with Gasteiger partial charge in [-0.25, -0.2) is 13.1 Å². The normalized spacial score (nSPS) is 14.4. The van der Waals surface area contributed by atoms with Gasteiger partial charge < -0.3 is 5.32 Å². The molecule has 0 aromatic heterocycles. The molecule has 0 unspecified atom stereocenters. The molecular formula is C16H14Cl2N2O3S. The zero-order chi connectivity index (χ0) is 17.3. The molecule has 0 atom stereocenters. The third-order valence-corrected chi connectivity index (χ3v) is 5.59. The van der Waals surface area contributed by atoms with Crippen molar-refractivity contribution in [1.82, 2.24) is 4.72 Å². The first-order valence-corrected chi connectivity index (χ1v) is 9.48. The Labute approximate surface area is 150 Å². The van der Waals surface area contributed by atoms with Crippen molar-refractivity contribution in [2.75, 3.05) is 5.32 Å². The molecule has 1 saturated carbocycles. The van der Waals surface area contributed by atoms with Crippen LogP contribution in [-0.2, 0) is 10.0 Å². The molecule has 0 heterocycles. The van der Waals surface area contributed by atoms with Crippen LogP contribution in [0.2, 0.25) is 10.0 Å². The van der Waals surface area contributed by atoms with Crippen LogP contribution in [0.25, 0.3) is 0 Å². The molecule has 2 aromatic carbocycles. The van der Waals surface area contributed by atoms with Gasteiger partial charge in [0.05, 0.1) is 15.6 Å². The molecule has 0 aliphatic heterocycles. The van der Waals surface area contributed by atoms with Crippen molar-refractivity contribution >= 4 is 44.8 Å². The summed E-state index contributed by atoms with van der Waals surface area (Å²) in [6.45, 7) is 0. The monoisotopic (exact) mass is 384 g/mol. The molecule has 5 nitrogen and oxygen atoms in total. The van der Waals surface area contributed by atoms with E-state index in [-0.39, 0.29) is 10.9 Å². The van der Waals surface area contributed by atoms with Crippen LogP contribution in [0, 0.1) is 0 Å². The fourth-order valence-corrected chi connectivity index (χ4v) is 3.82. The molecule has 0 radical (unpaired) electrons. The largest absolute Gasteiger partial charge is 0.321 e. The molecule has 0 spiro atoms. The maximum atomic E-state index is 12.2. The quantitative estimate of drug-likeness (QED) is 0.825. The minimum atomic E-state index is -3.53. The number of hydrogen-bond acceptors (Lipinski definition) is 3. The average Bonchev–Trinajstić information content (AvgIpc) is 3.33. The van der Waals surface area contributed by atoms with E-state index in [0.717, 1.165) is 12.8 Å². The second-order valence-corrected chi connectivity index (χ2v) is 8.06. The molecule has 0 saturated heterocycles. The first-order valence-electron chi connectivity index (χ1n) is 7.24. The summed E-state index contributed by atoms with van der Waals surface area (Å²) in [6, 6.07) is 10.5. The number of sulfonamides is 1. The van der Waals surface area contributed by atoms with E-state index in [4.69, 9.17) is 23.2 Å². The maximum Gasteiger partial charge on any atom is 0.255 e. The van der Waals surface area contributed by atoms with Crippen molar-refractivity contribution < 1.29 is 13.2 Å². The number of amides is 1.